The quantitative estimate of drug-likeness (QED) is 0.784. The van der Waals surface area contributed by atoms with E-state index in [0.717, 1.165) is 36.5 Å². The first-order chi connectivity index (χ1) is 9.81. The van der Waals surface area contributed by atoms with E-state index in [0.29, 0.717) is 0 Å². The molecule has 0 aliphatic carbocycles. The molecule has 2 heteroatoms. The molecule has 0 aliphatic heterocycles. The molecule has 0 unspecified atom stereocenters. The lowest BCUT2D eigenvalue weighted by atomic mass is 10.2. The maximum atomic E-state index is 5.54. The Hall–Kier alpha value is -2.27. The standard InChI is InChI=1S/C18H19NO/c1-3-13-20-18-11-7-16(8-12-18)6-10-17-9-5-15(4-2)14-19-17/h5,7-9,11-12,14H,3-4,13H2,1-2H3. The minimum Gasteiger partial charge on any atom is -0.494 e. The summed E-state index contributed by atoms with van der Waals surface area (Å²) in [6.45, 7) is 4.96. The van der Waals surface area contributed by atoms with Gasteiger partial charge in [0.15, 0.2) is 0 Å². The molecule has 0 radical (unpaired) electrons. The summed E-state index contributed by atoms with van der Waals surface area (Å²) in [5, 5.41) is 0. The van der Waals surface area contributed by atoms with Crippen LogP contribution in [-0.2, 0) is 6.42 Å². The van der Waals surface area contributed by atoms with Gasteiger partial charge < -0.3 is 4.74 Å². The number of nitrogens with zero attached hydrogens (tertiary/aromatic N) is 1. The van der Waals surface area contributed by atoms with E-state index in [9.17, 15) is 0 Å². The number of aromatic nitrogens is 1. The highest BCUT2D eigenvalue weighted by Crippen LogP contribution is 2.11. The third-order valence-corrected chi connectivity index (χ3v) is 2.90. The van der Waals surface area contributed by atoms with Crippen LogP contribution in [-0.4, -0.2) is 11.6 Å². The Labute approximate surface area is 120 Å². The maximum absolute atomic E-state index is 5.54. The molecule has 102 valence electrons. The number of aryl methyl sites for hydroxylation is 1. The zero-order valence-electron chi connectivity index (χ0n) is 12.0. The molecule has 1 heterocycles. The van der Waals surface area contributed by atoms with Crippen molar-refractivity contribution in [3.8, 4) is 17.6 Å². The fraction of sp³-hybridized carbons (Fsp3) is 0.278. The average Bonchev–Trinajstić information content (AvgIpc) is 2.52. The van der Waals surface area contributed by atoms with Crippen molar-refractivity contribution in [2.45, 2.75) is 26.7 Å². The molecule has 0 aliphatic rings. The number of hydrogen-bond acceptors (Lipinski definition) is 2. The van der Waals surface area contributed by atoms with Crippen molar-refractivity contribution in [1.29, 1.82) is 0 Å². The Morgan fingerprint density at radius 1 is 1.00 bits per heavy atom. The molecular weight excluding hydrogens is 246 g/mol. The molecule has 0 spiro atoms. The molecule has 0 fully saturated rings. The zero-order chi connectivity index (χ0) is 14.2. The summed E-state index contributed by atoms with van der Waals surface area (Å²) in [7, 11) is 0. The van der Waals surface area contributed by atoms with Crippen molar-refractivity contribution in [3.05, 3.63) is 59.4 Å². The minimum atomic E-state index is 0.749. The number of rotatable bonds is 4. The van der Waals surface area contributed by atoms with Gasteiger partial charge in [0, 0.05) is 11.8 Å². The molecular formula is C18H19NO. The Morgan fingerprint density at radius 2 is 1.80 bits per heavy atom. The zero-order valence-corrected chi connectivity index (χ0v) is 12.0. The summed E-state index contributed by atoms with van der Waals surface area (Å²) in [5.41, 5.74) is 3.00. The first-order valence-corrected chi connectivity index (χ1v) is 7.01. The largest absolute Gasteiger partial charge is 0.494 e. The van der Waals surface area contributed by atoms with Gasteiger partial charge in [0.05, 0.1) is 6.61 Å². The number of benzene rings is 1. The van der Waals surface area contributed by atoms with Gasteiger partial charge in [0.2, 0.25) is 0 Å². The first kappa shape index (κ1) is 14.1. The van der Waals surface area contributed by atoms with E-state index in [1.54, 1.807) is 0 Å². The highest BCUT2D eigenvalue weighted by Gasteiger charge is 1.93. The molecule has 0 bridgehead atoms. The molecule has 2 nitrogen and oxygen atoms in total. The Balaban J connectivity index is 2.04. The molecule has 0 amide bonds. The van der Waals surface area contributed by atoms with Crippen LogP contribution in [0.15, 0.2) is 42.6 Å². The lowest BCUT2D eigenvalue weighted by Crippen LogP contribution is -1.94. The van der Waals surface area contributed by atoms with Crippen molar-refractivity contribution in [2.24, 2.45) is 0 Å². The van der Waals surface area contributed by atoms with Crippen LogP contribution in [0.2, 0.25) is 0 Å². The van der Waals surface area contributed by atoms with Crippen molar-refractivity contribution in [2.75, 3.05) is 6.61 Å². The Bertz CT molecular complexity index is 588. The number of ether oxygens (including phenoxy) is 1. The normalized spacial score (nSPS) is 9.70. The summed E-state index contributed by atoms with van der Waals surface area (Å²) in [5.74, 6) is 7.08. The lowest BCUT2D eigenvalue weighted by Gasteiger charge is -2.03. The Kier molecular flexibility index (Phi) is 5.20. The van der Waals surface area contributed by atoms with E-state index in [1.807, 2.05) is 36.5 Å². The van der Waals surface area contributed by atoms with E-state index < -0.39 is 0 Å². The number of hydrogen-bond donors (Lipinski definition) is 0. The van der Waals surface area contributed by atoms with E-state index in [2.05, 4.69) is 36.7 Å². The topological polar surface area (TPSA) is 22.1 Å². The highest BCUT2D eigenvalue weighted by atomic mass is 16.5. The average molecular weight is 265 g/mol. The molecule has 2 rings (SSSR count). The second-order valence-corrected chi connectivity index (χ2v) is 4.53. The summed E-state index contributed by atoms with van der Waals surface area (Å²) in [6, 6.07) is 11.9. The lowest BCUT2D eigenvalue weighted by molar-refractivity contribution is 0.317. The number of pyridine rings is 1. The van der Waals surface area contributed by atoms with Crippen molar-refractivity contribution in [3.63, 3.8) is 0 Å². The predicted molar refractivity (Wildman–Crippen MR) is 81.8 cm³/mol. The van der Waals surface area contributed by atoms with Crippen LogP contribution < -0.4 is 4.74 Å². The SMILES string of the molecule is CCCOc1ccc(C#Cc2ccc(CC)cn2)cc1. The van der Waals surface area contributed by atoms with Crippen LogP contribution in [0.25, 0.3) is 0 Å². The van der Waals surface area contributed by atoms with Crippen LogP contribution in [0, 0.1) is 11.8 Å². The molecule has 2 aromatic rings. The highest BCUT2D eigenvalue weighted by molar-refractivity contribution is 5.42. The van der Waals surface area contributed by atoms with E-state index >= 15 is 0 Å². The van der Waals surface area contributed by atoms with Gasteiger partial charge in [-0.15, -0.1) is 0 Å². The van der Waals surface area contributed by atoms with Gasteiger partial charge in [-0.25, -0.2) is 4.98 Å². The molecule has 0 saturated carbocycles. The minimum absolute atomic E-state index is 0.749. The van der Waals surface area contributed by atoms with E-state index in [-0.39, 0.29) is 0 Å². The smallest absolute Gasteiger partial charge is 0.119 e. The second kappa shape index (κ2) is 7.35. The first-order valence-electron chi connectivity index (χ1n) is 7.01. The molecule has 1 aromatic heterocycles. The fourth-order valence-electron chi connectivity index (χ4n) is 1.70. The van der Waals surface area contributed by atoms with Crippen LogP contribution in [0.3, 0.4) is 0 Å². The van der Waals surface area contributed by atoms with Crippen molar-refractivity contribution >= 4 is 0 Å². The van der Waals surface area contributed by atoms with E-state index in [1.165, 1.54) is 5.56 Å². The summed E-state index contributed by atoms with van der Waals surface area (Å²) < 4.78 is 5.54. The monoisotopic (exact) mass is 265 g/mol. The summed E-state index contributed by atoms with van der Waals surface area (Å²) in [6.07, 6.45) is 3.90. The van der Waals surface area contributed by atoms with Gasteiger partial charge >= 0.3 is 0 Å². The molecule has 0 N–H and O–H groups in total. The van der Waals surface area contributed by atoms with Gasteiger partial charge in [0.25, 0.3) is 0 Å². The maximum Gasteiger partial charge on any atom is 0.119 e. The Morgan fingerprint density at radius 3 is 2.40 bits per heavy atom. The third kappa shape index (κ3) is 4.13. The van der Waals surface area contributed by atoms with Gasteiger partial charge in [-0.2, -0.15) is 0 Å². The summed E-state index contributed by atoms with van der Waals surface area (Å²) in [4.78, 5) is 4.32. The van der Waals surface area contributed by atoms with Gasteiger partial charge in [-0.1, -0.05) is 25.8 Å². The van der Waals surface area contributed by atoms with Crippen LogP contribution in [0.4, 0.5) is 0 Å². The van der Waals surface area contributed by atoms with Crippen molar-refractivity contribution in [1.82, 2.24) is 4.98 Å². The van der Waals surface area contributed by atoms with Crippen LogP contribution in [0.5, 0.6) is 5.75 Å². The van der Waals surface area contributed by atoms with Crippen molar-refractivity contribution < 1.29 is 4.74 Å². The van der Waals surface area contributed by atoms with E-state index in [4.69, 9.17) is 4.74 Å². The molecule has 0 atom stereocenters. The van der Waals surface area contributed by atoms with Gasteiger partial charge in [0.1, 0.15) is 11.4 Å². The predicted octanol–water partition coefficient (Wildman–Crippen LogP) is 3.83. The van der Waals surface area contributed by atoms with Crippen LogP contribution in [0.1, 0.15) is 37.1 Å². The second-order valence-electron chi connectivity index (χ2n) is 4.53. The molecule has 1 aromatic carbocycles. The molecule has 20 heavy (non-hydrogen) atoms. The third-order valence-electron chi connectivity index (χ3n) is 2.90. The fourth-order valence-corrected chi connectivity index (χ4v) is 1.70. The van der Waals surface area contributed by atoms with Gasteiger partial charge in [-0.3, -0.25) is 0 Å². The van der Waals surface area contributed by atoms with Gasteiger partial charge in [-0.05, 0) is 54.7 Å². The molecule has 0 saturated heterocycles. The summed E-state index contributed by atoms with van der Waals surface area (Å²) >= 11 is 0. The van der Waals surface area contributed by atoms with Crippen LogP contribution >= 0.6 is 0 Å².